The summed E-state index contributed by atoms with van der Waals surface area (Å²) in [5.41, 5.74) is 14.7. The molecule has 2 rings (SSSR count). The van der Waals surface area contributed by atoms with E-state index < -0.39 is 0 Å². The largest absolute Gasteiger partial charge is 0.383 e. The predicted octanol–water partition coefficient (Wildman–Crippen LogP) is 1.73. The van der Waals surface area contributed by atoms with Gasteiger partial charge >= 0.3 is 0 Å². The fourth-order valence-electron chi connectivity index (χ4n) is 1.77. The maximum atomic E-state index is 5.78. The van der Waals surface area contributed by atoms with Gasteiger partial charge < -0.3 is 11.5 Å². The molecule has 4 N–H and O–H groups in total. The van der Waals surface area contributed by atoms with Crippen molar-refractivity contribution in [2.75, 3.05) is 11.5 Å². The van der Waals surface area contributed by atoms with Crippen LogP contribution < -0.4 is 11.5 Å². The average molecular weight is 228 g/mol. The fourth-order valence-corrected chi connectivity index (χ4v) is 1.77. The molecule has 0 saturated heterocycles. The molecular weight excluding hydrogens is 212 g/mol. The van der Waals surface area contributed by atoms with E-state index in [1.807, 2.05) is 0 Å². The van der Waals surface area contributed by atoms with Crippen molar-refractivity contribution >= 4 is 11.8 Å². The second kappa shape index (κ2) is 4.82. The molecular formula is C13H16N4. The Morgan fingerprint density at radius 3 is 2.71 bits per heavy atom. The Kier molecular flexibility index (Phi) is 3.23. The van der Waals surface area contributed by atoms with Crippen LogP contribution in [0.1, 0.15) is 16.7 Å². The van der Waals surface area contributed by atoms with Gasteiger partial charge in [0.2, 0.25) is 5.95 Å². The van der Waals surface area contributed by atoms with Gasteiger partial charge in [-0.3, -0.25) is 0 Å². The number of nitrogens with zero attached hydrogens (tertiary/aromatic N) is 2. The Morgan fingerprint density at radius 1 is 1.18 bits per heavy atom. The van der Waals surface area contributed by atoms with Gasteiger partial charge in [0.1, 0.15) is 5.82 Å². The molecule has 1 aromatic heterocycles. The van der Waals surface area contributed by atoms with E-state index in [1.165, 1.54) is 11.1 Å². The normalized spacial score (nSPS) is 10.4. The molecule has 0 saturated carbocycles. The first kappa shape index (κ1) is 11.4. The minimum Gasteiger partial charge on any atom is -0.383 e. The van der Waals surface area contributed by atoms with Crippen molar-refractivity contribution in [1.29, 1.82) is 0 Å². The number of aromatic nitrogens is 2. The highest BCUT2D eigenvalue weighted by Crippen LogP contribution is 2.13. The number of aryl methyl sites for hydroxylation is 3. The molecule has 0 aliphatic rings. The van der Waals surface area contributed by atoms with Crippen molar-refractivity contribution in [3.05, 3.63) is 47.2 Å². The van der Waals surface area contributed by atoms with Crippen LogP contribution in [0.15, 0.2) is 30.5 Å². The van der Waals surface area contributed by atoms with Crippen LogP contribution in [0.3, 0.4) is 0 Å². The first-order valence-electron chi connectivity index (χ1n) is 5.57. The van der Waals surface area contributed by atoms with Crippen molar-refractivity contribution < 1.29 is 0 Å². The fraction of sp³-hybridized carbons (Fsp3) is 0.231. The molecule has 0 aliphatic carbocycles. The standard InChI is InChI=1S/C13H16N4/c1-9-3-2-4-10(7-9)5-6-11-8-16-13(15)17-12(11)14/h2-4,7-8H,5-6H2,1H3,(H4,14,15,16,17). The lowest BCUT2D eigenvalue weighted by atomic mass is 10.0. The van der Waals surface area contributed by atoms with Crippen LogP contribution in [-0.2, 0) is 12.8 Å². The molecule has 0 amide bonds. The van der Waals surface area contributed by atoms with Crippen LogP contribution in [0.2, 0.25) is 0 Å². The average Bonchev–Trinajstić information content (AvgIpc) is 2.28. The van der Waals surface area contributed by atoms with E-state index in [0.29, 0.717) is 5.82 Å². The molecule has 17 heavy (non-hydrogen) atoms. The molecule has 2 aromatic rings. The predicted molar refractivity (Wildman–Crippen MR) is 69.4 cm³/mol. The number of nitrogen functional groups attached to an aromatic ring is 2. The van der Waals surface area contributed by atoms with Crippen LogP contribution in [0.4, 0.5) is 11.8 Å². The molecule has 1 heterocycles. The molecule has 1 aromatic carbocycles. The molecule has 0 atom stereocenters. The lowest BCUT2D eigenvalue weighted by molar-refractivity contribution is 0.939. The zero-order valence-electron chi connectivity index (χ0n) is 9.85. The number of hydrogen-bond acceptors (Lipinski definition) is 4. The molecule has 88 valence electrons. The van der Waals surface area contributed by atoms with Gasteiger partial charge in [0.15, 0.2) is 0 Å². The Hall–Kier alpha value is -2.10. The van der Waals surface area contributed by atoms with E-state index in [-0.39, 0.29) is 5.95 Å². The monoisotopic (exact) mass is 228 g/mol. The summed E-state index contributed by atoms with van der Waals surface area (Å²) in [6, 6.07) is 8.44. The van der Waals surface area contributed by atoms with Gasteiger partial charge in [-0.15, -0.1) is 0 Å². The second-order valence-corrected chi connectivity index (χ2v) is 4.13. The third-order valence-electron chi connectivity index (χ3n) is 2.68. The maximum Gasteiger partial charge on any atom is 0.221 e. The highest BCUT2D eigenvalue weighted by Gasteiger charge is 2.03. The third kappa shape index (κ3) is 2.93. The summed E-state index contributed by atoms with van der Waals surface area (Å²) in [7, 11) is 0. The van der Waals surface area contributed by atoms with E-state index in [9.17, 15) is 0 Å². The Labute approximate surface area is 101 Å². The first-order chi connectivity index (χ1) is 8.15. The molecule has 0 spiro atoms. The van der Waals surface area contributed by atoms with E-state index in [2.05, 4.69) is 41.2 Å². The van der Waals surface area contributed by atoms with Gasteiger partial charge in [-0.25, -0.2) is 4.98 Å². The van der Waals surface area contributed by atoms with Crippen LogP contribution >= 0.6 is 0 Å². The van der Waals surface area contributed by atoms with E-state index in [0.717, 1.165) is 18.4 Å². The number of hydrogen-bond donors (Lipinski definition) is 2. The van der Waals surface area contributed by atoms with Gasteiger partial charge in [-0.05, 0) is 25.3 Å². The molecule has 0 aliphatic heterocycles. The van der Waals surface area contributed by atoms with Crippen LogP contribution in [0.25, 0.3) is 0 Å². The van der Waals surface area contributed by atoms with Gasteiger partial charge in [0, 0.05) is 11.8 Å². The van der Waals surface area contributed by atoms with E-state index in [1.54, 1.807) is 6.20 Å². The summed E-state index contributed by atoms with van der Waals surface area (Å²) < 4.78 is 0. The summed E-state index contributed by atoms with van der Waals surface area (Å²) in [5.74, 6) is 0.701. The van der Waals surface area contributed by atoms with Gasteiger partial charge in [0.05, 0.1) is 0 Å². The SMILES string of the molecule is Cc1cccc(CCc2cnc(N)nc2N)c1. The smallest absolute Gasteiger partial charge is 0.221 e. The molecule has 0 unspecified atom stereocenters. The quantitative estimate of drug-likeness (QED) is 0.838. The third-order valence-corrected chi connectivity index (χ3v) is 2.68. The molecule has 0 radical (unpaired) electrons. The Balaban J connectivity index is 2.07. The zero-order chi connectivity index (χ0) is 12.3. The zero-order valence-corrected chi connectivity index (χ0v) is 9.85. The number of benzene rings is 1. The van der Waals surface area contributed by atoms with Gasteiger partial charge in [0.25, 0.3) is 0 Å². The number of anilines is 2. The maximum absolute atomic E-state index is 5.78. The van der Waals surface area contributed by atoms with Crippen LogP contribution in [-0.4, -0.2) is 9.97 Å². The summed E-state index contributed by atoms with van der Waals surface area (Å²) >= 11 is 0. The van der Waals surface area contributed by atoms with Crippen molar-refractivity contribution in [2.24, 2.45) is 0 Å². The van der Waals surface area contributed by atoms with Crippen LogP contribution in [0, 0.1) is 6.92 Å². The number of rotatable bonds is 3. The van der Waals surface area contributed by atoms with E-state index >= 15 is 0 Å². The van der Waals surface area contributed by atoms with Crippen LogP contribution in [0.5, 0.6) is 0 Å². The molecule has 0 fully saturated rings. The Bertz CT molecular complexity index is 523. The van der Waals surface area contributed by atoms with Gasteiger partial charge in [-0.1, -0.05) is 29.8 Å². The lowest BCUT2D eigenvalue weighted by Gasteiger charge is -2.05. The molecule has 0 bridgehead atoms. The topological polar surface area (TPSA) is 77.8 Å². The molecule has 4 nitrogen and oxygen atoms in total. The van der Waals surface area contributed by atoms with Crippen molar-refractivity contribution in [1.82, 2.24) is 9.97 Å². The second-order valence-electron chi connectivity index (χ2n) is 4.13. The highest BCUT2D eigenvalue weighted by atomic mass is 15.0. The minimum atomic E-state index is 0.224. The van der Waals surface area contributed by atoms with Gasteiger partial charge in [-0.2, -0.15) is 4.98 Å². The summed E-state index contributed by atoms with van der Waals surface area (Å²) in [4.78, 5) is 7.90. The van der Waals surface area contributed by atoms with Crippen molar-refractivity contribution in [2.45, 2.75) is 19.8 Å². The minimum absolute atomic E-state index is 0.224. The summed E-state index contributed by atoms with van der Waals surface area (Å²) in [6.45, 7) is 2.09. The highest BCUT2D eigenvalue weighted by molar-refractivity contribution is 5.41. The van der Waals surface area contributed by atoms with E-state index in [4.69, 9.17) is 11.5 Å². The Morgan fingerprint density at radius 2 is 2.00 bits per heavy atom. The van der Waals surface area contributed by atoms with Crippen molar-refractivity contribution in [3.8, 4) is 0 Å². The summed E-state index contributed by atoms with van der Waals surface area (Å²) in [6.07, 6.45) is 3.46. The number of nitrogens with two attached hydrogens (primary N) is 2. The lowest BCUT2D eigenvalue weighted by Crippen LogP contribution is -2.04. The summed E-state index contributed by atoms with van der Waals surface area (Å²) in [5, 5.41) is 0. The molecule has 4 heteroatoms. The first-order valence-corrected chi connectivity index (χ1v) is 5.57. The van der Waals surface area contributed by atoms with Crippen molar-refractivity contribution in [3.63, 3.8) is 0 Å².